The van der Waals surface area contributed by atoms with Gasteiger partial charge in [0.2, 0.25) is 0 Å². The lowest BCUT2D eigenvalue weighted by Gasteiger charge is -1.99. The van der Waals surface area contributed by atoms with Gasteiger partial charge >= 0.3 is 0 Å². The Morgan fingerprint density at radius 3 is 2.55 bits per heavy atom. The van der Waals surface area contributed by atoms with Gasteiger partial charge in [-0.15, -0.1) is 0 Å². The Hall–Kier alpha value is -0.230. The van der Waals surface area contributed by atoms with E-state index in [0.29, 0.717) is 0 Å². The molecule has 0 amide bonds. The molecule has 0 aromatic rings. The van der Waals surface area contributed by atoms with Gasteiger partial charge in [-0.05, 0) is 32.8 Å². The Bertz CT molecular complexity index is 154. The van der Waals surface area contributed by atoms with Crippen molar-refractivity contribution in [2.45, 2.75) is 40.0 Å². The van der Waals surface area contributed by atoms with Crippen LogP contribution in [0.25, 0.3) is 0 Å². The fourth-order valence-corrected chi connectivity index (χ4v) is 1.07. The van der Waals surface area contributed by atoms with E-state index in [1.165, 1.54) is 18.4 Å². The van der Waals surface area contributed by atoms with Crippen molar-refractivity contribution in [1.29, 1.82) is 0 Å². The highest BCUT2D eigenvalue weighted by atomic mass is 35.5. The zero-order valence-corrected chi connectivity index (χ0v) is 8.41. The molecular weight excluding hydrogens is 156 g/mol. The van der Waals surface area contributed by atoms with Crippen LogP contribution in [-0.4, -0.2) is 0 Å². The Morgan fingerprint density at radius 1 is 1.45 bits per heavy atom. The molecule has 0 unspecified atom stereocenters. The number of hydrogen-bond donors (Lipinski definition) is 0. The van der Waals surface area contributed by atoms with E-state index in [1.807, 2.05) is 19.1 Å². The van der Waals surface area contributed by atoms with Crippen molar-refractivity contribution in [3.05, 3.63) is 22.8 Å². The highest BCUT2D eigenvalue weighted by Crippen LogP contribution is 2.16. The molecule has 0 aromatic carbocycles. The molecule has 0 atom stereocenters. The predicted molar refractivity (Wildman–Crippen MR) is 52.9 cm³/mol. The third kappa shape index (κ3) is 5.09. The van der Waals surface area contributed by atoms with E-state index in [1.54, 1.807) is 0 Å². The average Bonchev–Trinajstić information content (AvgIpc) is 2.00. The van der Waals surface area contributed by atoms with Gasteiger partial charge in [-0.1, -0.05) is 36.6 Å². The fraction of sp³-hybridized carbons (Fsp3) is 0.600. The fourth-order valence-electron chi connectivity index (χ4n) is 0.850. The van der Waals surface area contributed by atoms with Crippen LogP contribution in [0.4, 0.5) is 0 Å². The largest absolute Gasteiger partial charge is 0.0862 e. The van der Waals surface area contributed by atoms with Crippen LogP contribution in [-0.2, 0) is 0 Å². The van der Waals surface area contributed by atoms with Crippen LogP contribution in [0, 0.1) is 0 Å². The van der Waals surface area contributed by atoms with Crippen molar-refractivity contribution in [2.75, 3.05) is 0 Å². The zero-order valence-electron chi connectivity index (χ0n) is 7.65. The highest BCUT2D eigenvalue weighted by Gasteiger charge is 1.93. The van der Waals surface area contributed by atoms with Crippen LogP contribution in [0.1, 0.15) is 40.0 Å². The van der Waals surface area contributed by atoms with Gasteiger partial charge in [0.1, 0.15) is 0 Å². The summed E-state index contributed by atoms with van der Waals surface area (Å²) in [5.41, 5.74) is 1.30. The number of unbranched alkanes of at least 4 members (excludes halogenated alkanes) is 1. The second kappa shape index (κ2) is 6.48. The first-order valence-electron chi connectivity index (χ1n) is 4.20. The molecule has 0 nitrogen and oxygen atoms in total. The summed E-state index contributed by atoms with van der Waals surface area (Å²) in [5, 5.41) is 0.904. The molecule has 0 rings (SSSR count). The second-order valence-corrected chi connectivity index (χ2v) is 3.14. The van der Waals surface area contributed by atoms with E-state index in [9.17, 15) is 0 Å². The summed E-state index contributed by atoms with van der Waals surface area (Å²) in [5.74, 6) is 0. The summed E-state index contributed by atoms with van der Waals surface area (Å²) in [6.07, 6.45) is 7.51. The van der Waals surface area contributed by atoms with Crippen molar-refractivity contribution >= 4 is 11.6 Å². The summed E-state index contributed by atoms with van der Waals surface area (Å²) in [7, 11) is 0. The van der Waals surface area contributed by atoms with Crippen LogP contribution in [0.2, 0.25) is 0 Å². The Morgan fingerprint density at radius 2 is 2.09 bits per heavy atom. The molecule has 0 bridgehead atoms. The van der Waals surface area contributed by atoms with Gasteiger partial charge in [-0.2, -0.15) is 0 Å². The van der Waals surface area contributed by atoms with Gasteiger partial charge in [-0.25, -0.2) is 0 Å². The first-order valence-corrected chi connectivity index (χ1v) is 4.58. The van der Waals surface area contributed by atoms with E-state index in [4.69, 9.17) is 11.6 Å². The van der Waals surface area contributed by atoms with Crippen LogP contribution >= 0.6 is 11.6 Å². The summed E-state index contributed by atoms with van der Waals surface area (Å²) in [6, 6.07) is 0. The molecule has 0 aliphatic carbocycles. The number of hydrogen-bond acceptors (Lipinski definition) is 0. The summed E-state index contributed by atoms with van der Waals surface area (Å²) in [6.45, 7) is 6.27. The van der Waals surface area contributed by atoms with E-state index in [2.05, 4.69) is 13.8 Å². The molecule has 11 heavy (non-hydrogen) atoms. The van der Waals surface area contributed by atoms with E-state index >= 15 is 0 Å². The lowest BCUT2D eigenvalue weighted by Crippen LogP contribution is -1.79. The first-order chi connectivity index (χ1) is 5.22. The van der Waals surface area contributed by atoms with Crippen molar-refractivity contribution in [1.82, 2.24) is 0 Å². The average molecular weight is 173 g/mol. The Balaban J connectivity index is 3.94. The quantitative estimate of drug-likeness (QED) is 0.556. The van der Waals surface area contributed by atoms with Crippen LogP contribution in [0.5, 0.6) is 0 Å². The van der Waals surface area contributed by atoms with Crippen LogP contribution < -0.4 is 0 Å². The topological polar surface area (TPSA) is 0 Å². The Kier molecular flexibility index (Phi) is 6.34. The maximum absolute atomic E-state index is 5.96. The SMILES string of the molecule is C/C=C\C(Cl)=C(/C)CCCC. The predicted octanol–water partition coefficient (Wildman–Crippen LogP) is 4.27. The maximum atomic E-state index is 5.96. The van der Waals surface area contributed by atoms with Gasteiger partial charge in [0, 0.05) is 5.03 Å². The molecule has 0 aliphatic rings. The molecular formula is C10H17Cl. The number of halogens is 1. The van der Waals surface area contributed by atoms with Gasteiger partial charge in [0.25, 0.3) is 0 Å². The maximum Gasteiger partial charge on any atom is 0.0391 e. The lowest BCUT2D eigenvalue weighted by atomic mass is 10.1. The minimum absolute atomic E-state index is 0.904. The minimum atomic E-state index is 0.904. The molecule has 0 saturated carbocycles. The van der Waals surface area contributed by atoms with Crippen LogP contribution in [0.3, 0.4) is 0 Å². The van der Waals surface area contributed by atoms with Crippen molar-refractivity contribution in [3.63, 3.8) is 0 Å². The third-order valence-electron chi connectivity index (χ3n) is 1.63. The van der Waals surface area contributed by atoms with Crippen LogP contribution in [0.15, 0.2) is 22.8 Å². The van der Waals surface area contributed by atoms with Crippen molar-refractivity contribution in [2.24, 2.45) is 0 Å². The molecule has 0 N–H and O–H groups in total. The van der Waals surface area contributed by atoms with E-state index in [0.717, 1.165) is 11.5 Å². The number of rotatable bonds is 4. The lowest BCUT2D eigenvalue weighted by molar-refractivity contribution is 0.786. The monoisotopic (exact) mass is 172 g/mol. The Labute approximate surface area is 74.9 Å². The highest BCUT2D eigenvalue weighted by molar-refractivity contribution is 6.31. The number of allylic oxidation sites excluding steroid dienone is 4. The van der Waals surface area contributed by atoms with Gasteiger partial charge < -0.3 is 0 Å². The summed E-state index contributed by atoms with van der Waals surface area (Å²) in [4.78, 5) is 0. The molecule has 0 aliphatic heterocycles. The first kappa shape index (κ1) is 10.8. The standard InChI is InChI=1S/C10H17Cl/c1-4-6-8-9(3)10(11)7-5-2/h5,7H,4,6,8H2,1-3H3/b7-5-,10-9-. The molecule has 0 aromatic heterocycles. The van der Waals surface area contributed by atoms with E-state index < -0.39 is 0 Å². The summed E-state index contributed by atoms with van der Waals surface area (Å²) >= 11 is 5.96. The molecule has 0 fully saturated rings. The van der Waals surface area contributed by atoms with Crippen molar-refractivity contribution in [3.8, 4) is 0 Å². The third-order valence-corrected chi connectivity index (χ3v) is 2.07. The molecule has 1 heteroatoms. The van der Waals surface area contributed by atoms with Gasteiger partial charge in [-0.3, -0.25) is 0 Å². The van der Waals surface area contributed by atoms with Crippen molar-refractivity contribution < 1.29 is 0 Å². The van der Waals surface area contributed by atoms with Gasteiger partial charge in [0.05, 0.1) is 0 Å². The van der Waals surface area contributed by atoms with E-state index in [-0.39, 0.29) is 0 Å². The summed E-state index contributed by atoms with van der Waals surface area (Å²) < 4.78 is 0. The van der Waals surface area contributed by atoms with Gasteiger partial charge in [0.15, 0.2) is 0 Å². The molecule has 64 valence electrons. The smallest absolute Gasteiger partial charge is 0.0391 e. The molecule has 0 spiro atoms. The molecule has 0 heterocycles. The zero-order chi connectivity index (χ0) is 8.69. The molecule has 0 saturated heterocycles. The second-order valence-electron chi connectivity index (χ2n) is 2.73. The minimum Gasteiger partial charge on any atom is -0.0862 e. The normalized spacial score (nSPS) is 13.8. The molecule has 0 radical (unpaired) electrons.